The summed E-state index contributed by atoms with van der Waals surface area (Å²) < 4.78 is 2.26. The van der Waals surface area contributed by atoms with E-state index < -0.39 is 0 Å². The minimum absolute atomic E-state index is 0.0470. The molecule has 0 N–H and O–H groups in total. The molecule has 138 valence electrons. The first-order valence-electron chi connectivity index (χ1n) is 9.20. The monoisotopic (exact) mass is 369 g/mol. The summed E-state index contributed by atoms with van der Waals surface area (Å²) in [5, 5.41) is 1.98. The highest BCUT2D eigenvalue weighted by Gasteiger charge is 2.35. The number of carbonyl (C=O) groups excluding carboxylic acids is 1. The molecule has 2 heterocycles. The second-order valence-electron chi connectivity index (χ2n) is 7.49. The van der Waals surface area contributed by atoms with Crippen LogP contribution in [0.5, 0.6) is 0 Å². The molecule has 0 atom stereocenters. The first-order valence-corrected chi connectivity index (χ1v) is 10.0. The van der Waals surface area contributed by atoms with Crippen molar-refractivity contribution in [1.29, 1.82) is 0 Å². The summed E-state index contributed by atoms with van der Waals surface area (Å²) in [6, 6.07) is 8.97. The van der Waals surface area contributed by atoms with Crippen LogP contribution in [0.25, 0.3) is 17.0 Å². The molecular weight excluding hydrogens is 342 g/mol. The van der Waals surface area contributed by atoms with Gasteiger partial charge in [-0.15, -0.1) is 0 Å². The fourth-order valence-corrected chi connectivity index (χ4v) is 4.39. The van der Waals surface area contributed by atoms with Gasteiger partial charge < -0.3 is 4.57 Å². The van der Waals surface area contributed by atoms with Gasteiger partial charge in [0.1, 0.15) is 0 Å². The lowest BCUT2D eigenvalue weighted by molar-refractivity contribution is -0.123. The lowest BCUT2D eigenvalue weighted by atomic mass is 10.1. The largest absolute Gasteiger partial charge is 0.344 e. The van der Waals surface area contributed by atoms with Gasteiger partial charge in [-0.25, -0.2) is 0 Å². The van der Waals surface area contributed by atoms with Gasteiger partial charge in [-0.05, 0) is 65.4 Å². The Kier molecular flexibility index (Phi) is 5.28. The van der Waals surface area contributed by atoms with Crippen molar-refractivity contribution in [1.82, 2.24) is 9.47 Å². The number of para-hydroxylation sites is 1. The number of amidine groups is 1. The van der Waals surface area contributed by atoms with E-state index >= 15 is 0 Å². The summed E-state index contributed by atoms with van der Waals surface area (Å²) in [6.07, 6.45) is 4.17. The van der Waals surface area contributed by atoms with Crippen molar-refractivity contribution < 1.29 is 4.79 Å². The van der Waals surface area contributed by atoms with Crippen LogP contribution in [-0.4, -0.2) is 32.6 Å². The third-order valence-electron chi connectivity index (χ3n) is 4.34. The van der Waals surface area contributed by atoms with Crippen LogP contribution < -0.4 is 0 Å². The summed E-state index contributed by atoms with van der Waals surface area (Å²) >= 11 is 1.48. The van der Waals surface area contributed by atoms with Gasteiger partial charge in [0.05, 0.1) is 4.91 Å². The van der Waals surface area contributed by atoms with Crippen LogP contribution in [0, 0.1) is 0 Å². The Hall–Kier alpha value is -2.01. The van der Waals surface area contributed by atoms with Crippen LogP contribution in [0.4, 0.5) is 0 Å². The summed E-state index contributed by atoms with van der Waals surface area (Å²) in [5.74, 6) is 0.0470. The second-order valence-corrected chi connectivity index (χ2v) is 8.50. The van der Waals surface area contributed by atoms with E-state index in [9.17, 15) is 4.79 Å². The van der Waals surface area contributed by atoms with E-state index in [0.717, 1.165) is 15.6 Å². The average molecular weight is 370 g/mol. The summed E-state index contributed by atoms with van der Waals surface area (Å²) in [4.78, 5) is 20.2. The second kappa shape index (κ2) is 7.31. The zero-order chi connectivity index (χ0) is 19.0. The number of amides is 1. The molecule has 0 radical (unpaired) electrons. The van der Waals surface area contributed by atoms with Gasteiger partial charge in [0.25, 0.3) is 5.91 Å². The van der Waals surface area contributed by atoms with Crippen molar-refractivity contribution in [2.24, 2.45) is 4.99 Å². The van der Waals surface area contributed by atoms with E-state index in [1.807, 2.05) is 39.8 Å². The molecule has 0 aliphatic carbocycles. The Morgan fingerprint density at radius 2 is 1.73 bits per heavy atom. The maximum atomic E-state index is 13.0. The molecule has 1 fully saturated rings. The molecule has 0 unspecified atom stereocenters. The van der Waals surface area contributed by atoms with Gasteiger partial charge in [0.15, 0.2) is 5.17 Å². The number of hydrogen-bond donors (Lipinski definition) is 0. The molecule has 0 saturated carbocycles. The van der Waals surface area contributed by atoms with E-state index in [4.69, 9.17) is 0 Å². The summed E-state index contributed by atoms with van der Waals surface area (Å²) in [5.41, 5.74) is 2.28. The SMILES string of the molecule is CC(C)N=C1S/C(=C/c2cn(C(C)C)c3ccccc23)C(=O)N1C(C)C. The van der Waals surface area contributed by atoms with Crippen molar-refractivity contribution in [3.8, 4) is 0 Å². The molecule has 1 aliphatic rings. The highest BCUT2D eigenvalue weighted by Crippen LogP contribution is 2.36. The molecular formula is C21H27N3OS. The van der Waals surface area contributed by atoms with E-state index in [1.165, 1.54) is 22.7 Å². The van der Waals surface area contributed by atoms with Gasteiger partial charge in [0, 0.05) is 40.8 Å². The van der Waals surface area contributed by atoms with Crippen LogP contribution >= 0.6 is 11.8 Å². The lowest BCUT2D eigenvalue weighted by Gasteiger charge is -2.20. The van der Waals surface area contributed by atoms with E-state index in [0.29, 0.717) is 6.04 Å². The summed E-state index contributed by atoms with van der Waals surface area (Å²) in [6.45, 7) is 12.5. The molecule has 1 amide bonds. The predicted molar refractivity (Wildman–Crippen MR) is 112 cm³/mol. The molecule has 0 spiro atoms. The third-order valence-corrected chi connectivity index (χ3v) is 5.33. The molecule has 4 nitrogen and oxygen atoms in total. The minimum Gasteiger partial charge on any atom is -0.344 e. The van der Waals surface area contributed by atoms with Gasteiger partial charge in [-0.3, -0.25) is 14.7 Å². The van der Waals surface area contributed by atoms with Crippen LogP contribution in [-0.2, 0) is 4.79 Å². The van der Waals surface area contributed by atoms with Gasteiger partial charge in [-0.2, -0.15) is 0 Å². The topological polar surface area (TPSA) is 37.6 Å². The maximum absolute atomic E-state index is 13.0. The van der Waals surface area contributed by atoms with Gasteiger partial charge in [0.2, 0.25) is 0 Å². The highest BCUT2D eigenvalue weighted by molar-refractivity contribution is 8.18. The highest BCUT2D eigenvalue weighted by atomic mass is 32.2. The number of benzene rings is 1. The van der Waals surface area contributed by atoms with Crippen molar-refractivity contribution in [3.63, 3.8) is 0 Å². The molecule has 1 aromatic heterocycles. The molecule has 26 heavy (non-hydrogen) atoms. The third kappa shape index (κ3) is 3.45. The van der Waals surface area contributed by atoms with Crippen LogP contribution in [0.15, 0.2) is 40.4 Å². The number of carbonyl (C=O) groups is 1. The minimum atomic E-state index is 0.0470. The van der Waals surface area contributed by atoms with Crippen molar-refractivity contribution in [2.75, 3.05) is 0 Å². The van der Waals surface area contributed by atoms with Crippen molar-refractivity contribution in [2.45, 2.75) is 59.7 Å². The maximum Gasteiger partial charge on any atom is 0.266 e. The average Bonchev–Trinajstić information content (AvgIpc) is 3.06. The normalized spacial score (nSPS) is 18.7. The summed E-state index contributed by atoms with van der Waals surface area (Å²) in [7, 11) is 0. The molecule has 1 aromatic carbocycles. The Bertz CT molecular complexity index is 890. The molecule has 5 heteroatoms. The van der Waals surface area contributed by atoms with Crippen molar-refractivity contribution in [3.05, 3.63) is 40.9 Å². The Balaban J connectivity index is 2.08. The molecule has 1 saturated heterocycles. The van der Waals surface area contributed by atoms with E-state index in [1.54, 1.807) is 4.90 Å². The Labute approximate surface area is 160 Å². The van der Waals surface area contributed by atoms with Gasteiger partial charge >= 0.3 is 0 Å². The lowest BCUT2D eigenvalue weighted by Crippen LogP contribution is -2.35. The number of fused-ring (bicyclic) bond motifs is 1. The van der Waals surface area contributed by atoms with Gasteiger partial charge in [-0.1, -0.05) is 18.2 Å². The first kappa shape index (κ1) is 18.8. The fourth-order valence-electron chi connectivity index (χ4n) is 3.17. The number of hydrogen-bond acceptors (Lipinski definition) is 3. The number of aromatic nitrogens is 1. The van der Waals surface area contributed by atoms with E-state index in [2.05, 4.69) is 47.8 Å². The van der Waals surface area contributed by atoms with E-state index in [-0.39, 0.29) is 18.0 Å². The Morgan fingerprint density at radius 3 is 2.35 bits per heavy atom. The molecule has 3 rings (SSSR count). The molecule has 2 aromatic rings. The van der Waals surface area contributed by atoms with Crippen LogP contribution in [0.3, 0.4) is 0 Å². The number of thioether (sulfide) groups is 1. The quantitative estimate of drug-likeness (QED) is 0.685. The zero-order valence-electron chi connectivity index (χ0n) is 16.4. The van der Waals surface area contributed by atoms with Crippen molar-refractivity contribution >= 4 is 39.8 Å². The zero-order valence-corrected chi connectivity index (χ0v) is 17.2. The standard InChI is InChI=1S/C21H27N3OS/c1-13(2)22-21-24(15(5)6)20(25)19(26-21)11-16-12-23(14(3)4)18-10-8-7-9-17(16)18/h7-15H,1-6H3/b19-11+,22-21?. The van der Waals surface area contributed by atoms with Crippen LogP contribution in [0.1, 0.15) is 53.1 Å². The molecule has 0 bridgehead atoms. The van der Waals surface area contributed by atoms with Crippen LogP contribution in [0.2, 0.25) is 0 Å². The predicted octanol–water partition coefficient (Wildman–Crippen LogP) is 5.31. The molecule has 1 aliphatic heterocycles. The number of nitrogens with zero attached hydrogens (tertiary/aromatic N) is 3. The number of aliphatic imine (C=N–C) groups is 1. The smallest absolute Gasteiger partial charge is 0.266 e. The Morgan fingerprint density at radius 1 is 1.04 bits per heavy atom. The number of rotatable bonds is 4. The fraction of sp³-hybridized carbons (Fsp3) is 0.429. The first-order chi connectivity index (χ1) is 12.3.